The number of aliphatic carboxylic acids is 2. The van der Waals surface area contributed by atoms with Crippen molar-refractivity contribution in [2.75, 3.05) is 19.6 Å². The quantitative estimate of drug-likeness (QED) is 0.273. The number of carbonyl (C=O) groups is 6. The van der Waals surface area contributed by atoms with Crippen molar-refractivity contribution in [1.29, 1.82) is 0 Å². The van der Waals surface area contributed by atoms with Crippen LogP contribution in [0.4, 0.5) is 4.79 Å². The van der Waals surface area contributed by atoms with Gasteiger partial charge in [-0.25, -0.2) is 14.4 Å². The summed E-state index contributed by atoms with van der Waals surface area (Å²) >= 11 is 0.896. The Kier molecular flexibility index (Phi) is 8.72. The van der Waals surface area contributed by atoms with Gasteiger partial charge in [-0.3, -0.25) is 24.3 Å². The number of carboxylic acids is 2. The number of amides is 5. The normalized spacial score (nSPS) is 19.2. The number of hydrogen-bond donors (Lipinski definition) is 5. The molecule has 2 aliphatic heterocycles. The van der Waals surface area contributed by atoms with Gasteiger partial charge in [0.05, 0.1) is 0 Å². The second kappa shape index (κ2) is 11.8. The van der Waals surface area contributed by atoms with Crippen LogP contribution >= 0.6 is 11.8 Å². The minimum Gasteiger partial charge on any atom is -0.508 e. The van der Waals surface area contributed by atoms with Gasteiger partial charge in [0.1, 0.15) is 22.9 Å². The first-order valence-corrected chi connectivity index (χ1v) is 12.3. The number of carboxylic acid groups (broad SMARTS) is 2. The molecule has 0 bridgehead atoms. The van der Waals surface area contributed by atoms with Crippen LogP contribution < -0.4 is 10.6 Å². The van der Waals surface area contributed by atoms with E-state index >= 15 is 0 Å². The number of aromatic hydroxyl groups is 1. The van der Waals surface area contributed by atoms with Gasteiger partial charge < -0.3 is 30.9 Å². The van der Waals surface area contributed by atoms with Crippen molar-refractivity contribution < 1.29 is 44.1 Å². The third kappa shape index (κ3) is 6.11. The molecule has 0 radical (unpaired) electrons. The highest BCUT2D eigenvalue weighted by atomic mass is 32.2. The van der Waals surface area contributed by atoms with Crippen LogP contribution in [0, 0.1) is 0 Å². The zero-order chi connectivity index (χ0) is 28.1. The largest absolute Gasteiger partial charge is 0.508 e. The highest BCUT2D eigenvalue weighted by Crippen LogP contribution is 2.27. The molecule has 5 N–H and O–H groups in total. The Hall–Kier alpha value is -4.40. The lowest BCUT2D eigenvalue weighted by Gasteiger charge is -2.33. The fraction of sp³-hybridized carbons (Fsp3) is 0.348. The standard InChI is InChI=1S/C23H25N5O9S/c1-3-27-8-9-28(20(32)19(27)31)23(37)26-15(12-4-6-13(29)7-5-12)17(30)24-16(22(35)36)18-25-14(21(33)34)11(2)10-38-18/h4-7,10,15-16,18,29H,3,8-9H2,1-2H3,(H,24,30)(H,26,37)(H,33,34)(H,35,36)/t15-,16+,18-/m1/s1. The van der Waals surface area contributed by atoms with Gasteiger partial charge in [0.25, 0.3) is 0 Å². The fourth-order valence-corrected chi connectivity index (χ4v) is 4.66. The van der Waals surface area contributed by atoms with Gasteiger partial charge in [0.2, 0.25) is 5.91 Å². The topological polar surface area (TPSA) is 206 Å². The zero-order valence-corrected chi connectivity index (χ0v) is 21.1. The molecule has 1 aromatic carbocycles. The first-order valence-electron chi connectivity index (χ1n) is 11.3. The molecular weight excluding hydrogens is 522 g/mol. The lowest BCUT2D eigenvalue weighted by Crippen LogP contribution is -2.59. The summed E-state index contributed by atoms with van der Waals surface area (Å²) < 4.78 is 0. The first-order chi connectivity index (χ1) is 17.9. The number of nitrogens with zero attached hydrogens (tertiary/aromatic N) is 3. The number of thioether (sulfide) groups is 1. The van der Waals surface area contributed by atoms with Crippen LogP contribution in [0.25, 0.3) is 0 Å². The third-order valence-electron chi connectivity index (χ3n) is 5.76. The number of nitrogens with one attached hydrogen (secondary N) is 2. The number of urea groups is 1. The van der Waals surface area contributed by atoms with Crippen LogP contribution in [-0.4, -0.2) is 97.6 Å². The van der Waals surface area contributed by atoms with E-state index in [1.165, 1.54) is 41.5 Å². The van der Waals surface area contributed by atoms with Crippen molar-refractivity contribution in [1.82, 2.24) is 20.4 Å². The first kappa shape index (κ1) is 28.2. The molecule has 0 aliphatic carbocycles. The Morgan fingerprint density at radius 3 is 2.32 bits per heavy atom. The SMILES string of the molecule is CCN1CCN(C(=O)N[C@@H](C(=O)N[C@H](C(=O)O)[C@@H]2N=C(C(=O)O)C(C)=CS2)c2ccc(O)cc2)C(=O)C1=O. The average Bonchev–Trinajstić information content (AvgIpc) is 2.87. The highest BCUT2D eigenvalue weighted by Gasteiger charge is 2.39. The van der Waals surface area contributed by atoms with E-state index in [0.29, 0.717) is 10.5 Å². The third-order valence-corrected chi connectivity index (χ3v) is 6.90. The number of hydrogen-bond acceptors (Lipinski definition) is 9. The minimum absolute atomic E-state index is 0.0986. The maximum Gasteiger partial charge on any atom is 0.354 e. The molecular formula is C23H25N5O9S. The van der Waals surface area contributed by atoms with Crippen LogP contribution in [0.15, 0.2) is 40.2 Å². The van der Waals surface area contributed by atoms with Gasteiger partial charge in [-0.15, -0.1) is 11.8 Å². The molecule has 0 spiro atoms. The smallest absolute Gasteiger partial charge is 0.354 e. The Bertz CT molecular complexity index is 1230. The van der Waals surface area contributed by atoms with Crippen molar-refractivity contribution in [3.8, 4) is 5.75 Å². The maximum atomic E-state index is 13.3. The fourth-order valence-electron chi connectivity index (χ4n) is 3.69. The van der Waals surface area contributed by atoms with Crippen LogP contribution in [0.5, 0.6) is 5.75 Å². The van der Waals surface area contributed by atoms with Gasteiger partial charge in [-0.05, 0) is 42.5 Å². The van der Waals surface area contributed by atoms with E-state index in [0.717, 1.165) is 11.8 Å². The molecule has 202 valence electrons. The molecule has 1 aromatic rings. The zero-order valence-electron chi connectivity index (χ0n) is 20.3. The van der Waals surface area contributed by atoms with E-state index in [9.17, 15) is 44.1 Å². The maximum absolute atomic E-state index is 13.3. The van der Waals surface area contributed by atoms with Crippen LogP contribution in [0.1, 0.15) is 25.5 Å². The van der Waals surface area contributed by atoms with Crippen molar-refractivity contribution in [3.05, 3.63) is 40.8 Å². The number of phenols is 1. The summed E-state index contributed by atoms with van der Waals surface area (Å²) in [6, 6.07) is 0.776. The molecule has 5 amide bonds. The van der Waals surface area contributed by atoms with E-state index in [4.69, 9.17) is 0 Å². The Morgan fingerprint density at radius 2 is 1.74 bits per heavy atom. The van der Waals surface area contributed by atoms with Gasteiger partial charge in [0.15, 0.2) is 6.04 Å². The van der Waals surface area contributed by atoms with E-state index in [1.54, 1.807) is 6.92 Å². The number of piperazine rings is 1. The van der Waals surface area contributed by atoms with Crippen LogP contribution in [0.2, 0.25) is 0 Å². The number of rotatable bonds is 8. The number of likely N-dealkylation sites (N-methyl/N-ethyl adjacent to an activating group) is 1. The number of benzene rings is 1. The Labute approximate surface area is 220 Å². The predicted octanol–water partition coefficient (Wildman–Crippen LogP) is -0.0947. The number of imide groups is 1. The van der Waals surface area contributed by atoms with Crippen LogP contribution in [-0.2, 0) is 24.0 Å². The molecule has 1 saturated heterocycles. The van der Waals surface area contributed by atoms with E-state index in [-0.39, 0.29) is 36.7 Å². The lowest BCUT2D eigenvalue weighted by molar-refractivity contribution is -0.153. The summed E-state index contributed by atoms with van der Waals surface area (Å²) in [5.41, 5.74) is 0.0865. The van der Waals surface area contributed by atoms with Crippen molar-refractivity contribution in [3.63, 3.8) is 0 Å². The molecule has 14 nitrogen and oxygen atoms in total. The summed E-state index contributed by atoms with van der Waals surface area (Å²) in [5, 5.41) is 33.5. The summed E-state index contributed by atoms with van der Waals surface area (Å²) in [5.74, 6) is -5.99. The molecule has 0 saturated carbocycles. The second-order valence-electron chi connectivity index (χ2n) is 8.25. The molecule has 2 aliphatic rings. The average molecular weight is 548 g/mol. The summed E-state index contributed by atoms with van der Waals surface area (Å²) in [4.78, 5) is 80.3. The molecule has 15 heteroatoms. The van der Waals surface area contributed by atoms with E-state index in [1.807, 2.05) is 0 Å². The van der Waals surface area contributed by atoms with Crippen LogP contribution in [0.3, 0.4) is 0 Å². The molecule has 3 rings (SSSR count). The minimum atomic E-state index is -1.70. The Morgan fingerprint density at radius 1 is 1.08 bits per heavy atom. The summed E-state index contributed by atoms with van der Waals surface area (Å²) in [6.45, 7) is 3.42. The van der Waals surface area contributed by atoms with E-state index < -0.39 is 53.1 Å². The monoisotopic (exact) mass is 547 g/mol. The Balaban J connectivity index is 1.87. The lowest BCUT2D eigenvalue weighted by atomic mass is 10.1. The van der Waals surface area contributed by atoms with Gasteiger partial charge >= 0.3 is 29.8 Å². The second-order valence-corrected chi connectivity index (χ2v) is 9.24. The molecule has 1 fully saturated rings. The molecule has 3 atom stereocenters. The molecule has 0 unspecified atom stereocenters. The van der Waals surface area contributed by atoms with Gasteiger partial charge in [-0.1, -0.05) is 12.1 Å². The molecule has 38 heavy (non-hydrogen) atoms. The number of carbonyl (C=O) groups excluding carboxylic acids is 4. The summed E-state index contributed by atoms with van der Waals surface area (Å²) in [7, 11) is 0. The number of phenolic OH excluding ortho intramolecular Hbond substituents is 1. The highest BCUT2D eigenvalue weighted by molar-refractivity contribution is 8.02. The van der Waals surface area contributed by atoms with Crippen molar-refractivity contribution in [2.24, 2.45) is 4.99 Å². The van der Waals surface area contributed by atoms with E-state index in [2.05, 4.69) is 15.6 Å². The number of aliphatic imine (C=N–C) groups is 1. The predicted molar refractivity (Wildman–Crippen MR) is 133 cm³/mol. The van der Waals surface area contributed by atoms with Gasteiger partial charge in [-0.2, -0.15) is 0 Å². The van der Waals surface area contributed by atoms with Crippen molar-refractivity contribution in [2.45, 2.75) is 31.3 Å². The summed E-state index contributed by atoms with van der Waals surface area (Å²) in [6.07, 6.45) is 0. The van der Waals surface area contributed by atoms with Gasteiger partial charge in [0, 0.05) is 19.6 Å². The van der Waals surface area contributed by atoms with Crippen molar-refractivity contribution >= 4 is 53.2 Å². The molecule has 2 heterocycles. The molecule has 0 aromatic heterocycles.